The van der Waals surface area contributed by atoms with Crippen LogP contribution >= 0.6 is 11.8 Å². The summed E-state index contributed by atoms with van der Waals surface area (Å²) in [5.74, 6) is 3.09. The molecule has 166 valence electrons. The second-order valence-corrected chi connectivity index (χ2v) is 10.6. The third-order valence-electron chi connectivity index (χ3n) is 6.75. The fraction of sp³-hybridized carbons (Fsp3) is 0.708. The Kier molecular flexibility index (Phi) is 7.14. The number of nitrogens with zero attached hydrogens (tertiary/aromatic N) is 1. The summed E-state index contributed by atoms with van der Waals surface area (Å²) in [6, 6.07) is 8.76. The molecule has 0 aromatic heterocycles. The van der Waals surface area contributed by atoms with Crippen LogP contribution in [0, 0.1) is 0 Å². The lowest BCUT2D eigenvalue weighted by Gasteiger charge is -2.41. The lowest BCUT2D eigenvalue weighted by Crippen LogP contribution is -2.47. The molecule has 1 atom stereocenters. The van der Waals surface area contributed by atoms with Crippen LogP contribution in [0.1, 0.15) is 70.4 Å². The molecular weight excluding hydrogens is 394 g/mol. The lowest BCUT2D eigenvalue weighted by atomic mass is 9.86. The van der Waals surface area contributed by atoms with Crippen LogP contribution in [0.4, 0.5) is 0 Å². The van der Waals surface area contributed by atoms with E-state index in [1.54, 1.807) is 0 Å². The summed E-state index contributed by atoms with van der Waals surface area (Å²) >= 11 is 2.05. The molecule has 1 saturated carbocycles. The predicted molar refractivity (Wildman–Crippen MR) is 126 cm³/mol. The lowest BCUT2D eigenvalue weighted by molar-refractivity contribution is 0.0395. The van der Waals surface area contributed by atoms with E-state index in [4.69, 9.17) is 14.5 Å². The van der Waals surface area contributed by atoms with Gasteiger partial charge in [-0.25, -0.2) is 0 Å². The molecule has 1 aromatic carbocycles. The van der Waals surface area contributed by atoms with Gasteiger partial charge in [0.05, 0.1) is 12.6 Å². The van der Waals surface area contributed by atoms with Gasteiger partial charge in [0.1, 0.15) is 11.4 Å². The van der Waals surface area contributed by atoms with Crippen molar-refractivity contribution in [2.45, 2.75) is 75.2 Å². The van der Waals surface area contributed by atoms with Crippen LogP contribution in [0.15, 0.2) is 29.3 Å². The molecule has 2 aliphatic heterocycles. The first-order valence-corrected chi connectivity index (χ1v) is 12.7. The summed E-state index contributed by atoms with van der Waals surface area (Å²) in [6.07, 6.45) is 8.02. The Bertz CT molecular complexity index is 721. The Morgan fingerprint density at radius 2 is 1.90 bits per heavy atom. The highest BCUT2D eigenvalue weighted by atomic mass is 32.2. The minimum absolute atomic E-state index is 0.0106. The average Bonchev–Trinajstić information content (AvgIpc) is 3.20. The van der Waals surface area contributed by atoms with Crippen LogP contribution in [0.2, 0.25) is 0 Å². The molecule has 30 heavy (non-hydrogen) atoms. The maximum Gasteiger partial charge on any atom is 0.191 e. The van der Waals surface area contributed by atoms with Gasteiger partial charge in [-0.2, -0.15) is 11.8 Å². The Hall–Kier alpha value is -1.40. The minimum atomic E-state index is -0.0106. The van der Waals surface area contributed by atoms with Crippen molar-refractivity contribution in [2.75, 3.05) is 32.1 Å². The molecule has 0 radical (unpaired) electrons. The Morgan fingerprint density at radius 3 is 2.63 bits per heavy atom. The molecular formula is C24H37N3O2S. The zero-order valence-corrected chi connectivity index (χ0v) is 19.4. The minimum Gasteiger partial charge on any atom is -0.487 e. The summed E-state index contributed by atoms with van der Waals surface area (Å²) in [6.45, 7) is 7.78. The maximum absolute atomic E-state index is 6.54. The summed E-state index contributed by atoms with van der Waals surface area (Å²) in [5, 5.41) is 7.28. The number of fused-ring (bicyclic) bond motifs is 1. The van der Waals surface area contributed by atoms with Crippen molar-refractivity contribution in [1.82, 2.24) is 10.6 Å². The number of ether oxygens (including phenoxy) is 2. The molecule has 4 rings (SSSR count). The molecule has 1 aromatic rings. The molecule has 1 unspecified atom stereocenters. The topological polar surface area (TPSA) is 54.9 Å². The van der Waals surface area contributed by atoms with Crippen LogP contribution in [-0.2, 0) is 4.74 Å². The first kappa shape index (κ1) is 21.8. The van der Waals surface area contributed by atoms with E-state index < -0.39 is 0 Å². The molecule has 1 spiro atoms. The highest BCUT2D eigenvalue weighted by molar-refractivity contribution is 8.00. The number of benzene rings is 1. The molecule has 6 heteroatoms. The summed E-state index contributed by atoms with van der Waals surface area (Å²) in [4.78, 5) is 5.09. The van der Waals surface area contributed by atoms with Gasteiger partial charge in [-0.1, -0.05) is 25.1 Å². The van der Waals surface area contributed by atoms with Crippen molar-refractivity contribution in [1.29, 1.82) is 0 Å². The standard InChI is InChI=1S/C24H37N3O2S/c1-3-25-22(26-18-24(30-4-2)13-15-28-16-14-24)27-20-17-23(11-7-8-12-23)29-21-10-6-5-9-19(20)21/h5-6,9-10,20H,3-4,7-8,11-18H2,1-2H3,(H2,25,26,27). The van der Waals surface area contributed by atoms with Gasteiger partial charge >= 0.3 is 0 Å². The van der Waals surface area contributed by atoms with E-state index in [9.17, 15) is 0 Å². The molecule has 3 aliphatic rings. The quantitative estimate of drug-likeness (QED) is 0.506. The molecule has 2 fully saturated rings. The third kappa shape index (κ3) is 4.91. The van der Waals surface area contributed by atoms with Crippen LogP contribution in [0.5, 0.6) is 5.75 Å². The molecule has 2 N–H and O–H groups in total. The fourth-order valence-electron chi connectivity index (χ4n) is 5.18. The van der Waals surface area contributed by atoms with E-state index in [0.29, 0.717) is 0 Å². The van der Waals surface area contributed by atoms with E-state index in [1.165, 1.54) is 18.4 Å². The number of guanidine groups is 1. The van der Waals surface area contributed by atoms with Gasteiger partial charge in [0.25, 0.3) is 0 Å². The van der Waals surface area contributed by atoms with Gasteiger partial charge in [0.2, 0.25) is 0 Å². The molecule has 2 heterocycles. The Balaban J connectivity index is 1.53. The number of para-hydroxylation sites is 1. The number of hydrogen-bond donors (Lipinski definition) is 2. The second-order valence-electron chi connectivity index (χ2n) is 8.85. The fourth-order valence-corrected chi connectivity index (χ4v) is 6.40. The van der Waals surface area contributed by atoms with Crippen molar-refractivity contribution in [2.24, 2.45) is 4.99 Å². The number of nitrogens with one attached hydrogen (secondary N) is 2. The van der Waals surface area contributed by atoms with Gasteiger partial charge < -0.3 is 20.1 Å². The highest BCUT2D eigenvalue weighted by Gasteiger charge is 2.43. The van der Waals surface area contributed by atoms with Crippen LogP contribution in [0.25, 0.3) is 0 Å². The summed E-state index contributed by atoms with van der Waals surface area (Å²) in [5.41, 5.74) is 1.24. The Labute approximate surface area is 185 Å². The number of hydrogen-bond acceptors (Lipinski definition) is 4. The molecule has 0 bridgehead atoms. The number of aliphatic imine (C=N–C) groups is 1. The number of thioether (sulfide) groups is 1. The van der Waals surface area contributed by atoms with E-state index in [2.05, 4.69) is 48.7 Å². The molecule has 1 saturated heterocycles. The summed E-state index contributed by atoms with van der Waals surface area (Å²) in [7, 11) is 0. The first-order valence-electron chi connectivity index (χ1n) is 11.7. The van der Waals surface area contributed by atoms with Gasteiger partial charge in [-0.05, 0) is 57.3 Å². The van der Waals surface area contributed by atoms with Gasteiger partial charge in [0, 0.05) is 36.5 Å². The largest absolute Gasteiger partial charge is 0.487 e. The van der Waals surface area contributed by atoms with Gasteiger partial charge in [-0.3, -0.25) is 4.99 Å². The number of rotatable bonds is 6. The Morgan fingerprint density at radius 1 is 1.13 bits per heavy atom. The molecule has 5 nitrogen and oxygen atoms in total. The molecule has 0 amide bonds. The maximum atomic E-state index is 6.54. The van der Waals surface area contributed by atoms with Crippen LogP contribution in [-0.4, -0.2) is 48.4 Å². The van der Waals surface area contributed by atoms with Crippen molar-refractivity contribution in [3.63, 3.8) is 0 Å². The van der Waals surface area contributed by atoms with Gasteiger partial charge in [-0.15, -0.1) is 0 Å². The van der Waals surface area contributed by atoms with Crippen LogP contribution in [0.3, 0.4) is 0 Å². The second kappa shape index (κ2) is 9.82. The van der Waals surface area contributed by atoms with Crippen molar-refractivity contribution >= 4 is 17.7 Å². The third-order valence-corrected chi connectivity index (χ3v) is 8.19. The first-order chi connectivity index (χ1) is 14.7. The highest BCUT2D eigenvalue weighted by Crippen LogP contribution is 2.47. The van der Waals surface area contributed by atoms with E-state index in [-0.39, 0.29) is 16.4 Å². The average molecular weight is 432 g/mol. The van der Waals surface area contributed by atoms with E-state index in [0.717, 1.165) is 75.9 Å². The van der Waals surface area contributed by atoms with E-state index in [1.807, 2.05) is 11.8 Å². The zero-order chi connectivity index (χ0) is 20.9. The smallest absolute Gasteiger partial charge is 0.191 e. The molecule has 1 aliphatic carbocycles. The monoisotopic (exact) mass is 431 g/mol. The van der Waals surface area contributed by atoms with Crippen LogP contribution < -0.4 is 15.4 Å². The normalized spacial score (nSPS) is 24.9. The predicted octanol–water partition coefficient (Wildman–Crippen LogP) is 4.68. The van der Waals surface area contributed by atoms with Crippen molar-refractivity contribution in [3.05, 3.63) is 29.8 Å². The van der Waals surface area contributed by atoms with Gasteiger partial charge in [0.15, 0.2) is 5.96 Å². The van der Waals surface area contributed by atoms with Crippen molar-refractivity contribution in [3.8, 4) is 5.75 Å². The zero-order valence-electron chi connectivity index (χ0n) is 18.5. The van der Waals surface area contributed by atoms with E-state index >= 15 is 0 Å². The SMILES string of the molecule is CCNC(=NCC1(SCC)CCOCC1)NC1CC2(CCCC2)Oc2ccccc21. The van der Waals surface area contributed by atoms with Crippen molar-refractivity contribution < 1.29 is 9.47 Å². The summed E-state index contributed by atoms with van der Waals surface area (Å²) < 4.78 is 12.4.